The highest BCUT2D eigenvalue weighted by atomic mass is 16.5. The summed E-state index contributed by atoms with van der Waals surface area (Å²) in [4.78, 5) is 12.3. The van der Waals surface area contributed by atoms with Crippen LogP contribution in [0.25, 0.3) is 6.08 Å². The van der Waals surface area contributed by atoms with Crippen molar-refractivity contribution in [2.24, 2.45) is 0 Å². The molecule has 2 rings (SSSR count). The first-order valence-corrected chi connectivity index (χ1v) is 9.06. The molecule has 30 heavy (non-hydrogen) atoms. The van der Waals surface area contributed by atoms with Crippen molar-refractivity contribution in [3.63, 3.8) is 0 Å². The molecule has 0 bridgehead atoms. The summed E-state index contributed by atoms with van der Waals surface area (Å²) in [5.41, 5.74) is 1.48. The summed E-state index contributed by atoms with van der Waals surface area (Å²) in [6.45, 7) is 0.281. The van der Waals surface area contributed by atoms with E-state index in [1.165, 1.54) is 13.2 Å². The minimum absolute atomic E-state index is 0.277. The van der Waals surface area contributed by atoms with Crippen LogP contribution in [0.1, 0.15) is 11.1 Å². The van der Waals surface area contributed by atoms with Crippen molar-refractivity contribution in [3.05, 3.63) is 41.5 Å². The molecule has 162 valence electrons. The van der Waals surface area contributed by atoms with Crippen molar-refractivity contribution >= 4 is 12.0 Å². The number of carbonyl (C=O) groups is 1. The predicted octanol–water partition coefficient (Wildman–Crippen LogP) is 3.07. The molecule has 1 amide bonds. The predicted molar refractivity (Wildman–Crippen MR) is 113 cm³/mol. The van der Waals surface area contributed by atoms with Gasteiger partial charge in [-0.25, -0.2) is 0 Å². The van der Waals surface area contributed by atoms with Gasteiger partial charge < -0.3 is 33.7 Å². The zero-order valence-electron chi connectivity index (χ0n) is 18.0. The van der Waals surface area contributed by atoms with Crippen molar-refractivity contribution < 1.29 is 33.2 Å². The summed E-state index contributed by atoms with van der Waals surface area (Å²) >= 11 is 0. The van der Waals surface area contributed by atoms with Crippen molar-refractivity contribution in [2.75, 3.05) is 42.7 Å². The Morgan fingerprint density at radius 1 is 0.733 bits per heavy atom. The first-order chi connectivity index (χ1) is 14.5. The average molecular weight is 417 g/mol. The number of methoxy groups -OCH3 is 6. The van der Waals surface area contributed by atoms with Crippen LogP contribution in [0.3, 0.4) is 0 Å². The topological polar surface area (TPSA) is 84.5 Å². The zero-order valence-corrected chi connectivity index (χ0v) is 18.0. The Labute approximate surface area is 176 Å². The highest BCUT2D eigenvalue weighted by molar-refractivity contribution is 5.92. The molecule has 0 fully saturated rings. The van der Waals surface area contributed by atoms with E-state index in [1.54, 1.807) is 65.9 Å². The lowest BCUT2D eigenvalue weighted by atomic mass is 10.1. The van der Waals surface area contributed by atoms with E-state index in [0.717, 1.165) is 5.56 Å². The van der Waals surface area contributed by atoms with Crippen LogP contribution in [-0.4, -0.2) is 48.6 Å². The molecule has 0 saturated heterocycles. The minimum Gasteiger partial charge on any atom is -0.496 e. The van der Waals surface area contributed by atoms with Gasteiger partial charge in [-0.05, 0) is 29.8 Å². The Kier molecular flexibility index (Phi) is 8.22. The molecule has 2 aromatic carbocycles. The highest BCUT2D eigenvalue weighted by Crippen LogP contribution is 2.38. The van der Waals surface area contributed by atoms with Crippen LogP contribution in [0, 0.1) is 0 Å². The molecule has 2 aromatic rings. The van der Waals surface area contributed by atoms with E-state index in [4.69, 9.17) is 28.4 Å². The molecule has 0 unspecified atom stereocenters. The number of amides is 1. The standard InChI is InChI=1S/C22H27NO7/c1-25-16-12-18(27-3)17(26-2)11-15(16)7-8-21(24)23-13-14-9-19(28-4)22(30-6)20(10-14)29-5/h7-12H,13H2,1-6H3,(H,23,24)/b8-7+. The van der Waals surface area contributed by atoms with E-state index < -0.39 is 0 Å². The molecule has 0 heterocycles. The van der Waals surface area contributed by atoms with Gasteiger partial charge in [0.1, 0.15) is 5.75 Å². The zero-order chi connectivity index (χ0) is 22.1. The Hall–Kier alpha value is -3.55. The first kappa shape index (κ1) is 22.7. The smallest absolute Gasteiger partial charge is 0.244 e. The van der Waals surface area contributed by atoms with Crippen molar-refractivity contribution in [1.82, 2.24) is 5.32 Å². The number of carbonyl (C=O) groups excluding carboxylic acids is 1. The van der Waals surface area contributed by atoms with E-state index in [2.05, 4.69) is 5.32 Å². The largest absolute Gasteiger partial charge is 0.496 e. The summed E-state index contributed by atoms with van der Waals surface area (Å²) in [6.07, 6.45) is 3.06. The fourth-order valence-corrected chi connectivity index (χ4v) is 2.83. The first-order valence-electron chi connectivity index (χ1n) is 9.06. The molecule has 1 N–H and O–H groups in total. The lowest BCUT2D eigenvalue weighted by Gasteiger charge is -2.14. The van der Waals surface area contributed by atoms with E-state index in [-0.39, 0.29) is 12.5 Å². The monoisotopic (exact) mass is 417 g/mol. The number of rotatable bonds is 10. The summed E-state index contributed by atoms with van der Waals surface area (Å²) < 4.78 is 31.9. The SMILES string of the molecule is COc1cc(OC)c(OC)cc1/C=C/C(=O)NCc1cc(OC)c(OC)c(OC)c1. The Balaban J connectivity index is 2.14. The van der Waals surface area contributed by atoms with Gasteiger partial charge in [0.05, 0.1) is 42.7 Å². The van der Waals surface area contributed by atoms with Gasteiger partial charge in [-0.15, -0.1) is 0 Å². The lowest BCUT2D eigenvalue weighted by molar-refractivity contribution is -0.116. The molecular formula is C22H27NO7. The second-order valence-corrected chi connectivity index (χ2v) is 6.03. The molecule has 0 atom stereocenters. The van der Waals surface area contributed by atoms with Crippen LogP contribution >= 0.6 is 0 Å². The van der Waals surface area contributed by atoms with Crippen LogP contribution in [0.4, 0.5) is 0 Å². The van der Waals surface area contributed by atoms with Crippen molar-refractivity contribution in [3.8, 4) is 34.5 Å². The fraction of sp³-hybridized carbons (Fsp3) is 0.318. The quantitative estimate of drug-likeness (QED) is 0.595. The van der Waals surface area contributed by atoms with Crippen LogP contribution in [0.15, 0.2) is 30.3 Å². The Morgan fingerprint density at radius 2 is 1.27 bits per heavy atom. The van der Waals surface area contributed by atoms with Gasteiger partial charge in [0.25, 0.3) is 0 Å². The molecule has 0 aliphatic carbocycles. The fourth-order valence-electron chi connectivity index (χ4n) is 2.83. The maximum Gasteiger partial charge on any atom is 0.244 e. The maximum absolute atomic E-state index is 12.3. The lowest BCUT2D eigenvalue weighted by Crippen LogP contribution is -2.20. The number of hydrogen-bond acceptors (Lipinski definition) is 7. The van der Waals surface area contributed by atoms with Crippen LogP contribution < -0.4 is 33.7 Å². The van der Waals surface area contributed by atoms with Crippen molar-refractivity contribution in [1.29, 1.82) is 0 Å². The van der Waals surface area contributed by atoms with Gasteiger partial charge in [-0.1, -0.05) is 0 Å². The van der Waals surface area contributed by atoms with Crippen LogP contribution in [-0.2, 0) is 11.3 Å². The number of nitrogens with one attached hydrogen (secondary N) is 1. The normalized spacial score (nSPS) is 10.5. The van der Waals surface area contributed by atoms with E-state index >= 15 is 0 Å². The minimum atomic E-state index is -0.277. The third kappa shape index (κ3) is 5.28. The summed E-state index contributed by atoms with van der Waals surface area (Å²) in [7, 11) is 9.25. The highest BCUT2D eigenvalue weighted by Gasteiger charge is 2.14. The molecule has 0 saturated carbocycles. The van der Waals surface area contributed by atoms with Crippen LogP contribution in [0.5, 0.6) is 34.5 Å². The van der Waals surface area contributed by atoms with Gasteiger partial charge in [-0.2, -0.15) is 0 Å². The molecule has 8 nitrogen and oxygen atoms in total. The van der Waals surface area contributed by atoms with E-state index in [1.807, 2.05) is 0 Å². The van der Waals surface area contributed by atoms with Gasteiger partial charge in [0.15, 0.2) is 23.0 Å². The Morgan fingerprint density at radius 3 is 1.77 bits per heavy atom. The second-order valence-electron chi connectivity index (χ2n) is 6.03. The average Bonchev–Trinajstić information content (AvgIpc) is 2.79. The van der Waals surface area contributed by atoms with Gasteiger partial charge in [-0.3, -0.25) is 4.79 Å². The molecular weight excluding hydrogens is 390 g/mol. The molecule has 0 spiro atoms. The third-order valence-corrected chi connectivity index (χ3v) is 4.34. The molecule has 0 radical (unpaired) electrons. The van der Waals surface area contributed by atoms with Gasteiger partial charge in [0, 0.05) is 24.3 Å². The molecule has 0 aliphatic heterocycles. The van der Waals surface area contributed by atoms with Gasteiger partial charge in [0.2, 0.25) is 11.7 Å². The summed E-state index contributed by atoms with van der Waals surface area (Å²) in [5, 5.41) is 2.82. The summed E-state index contributed by atoms with van der Waals surface area (Å²) in [5.74, 6) is 2.89. The van der Waals surface area contributed by atoms with E-state index in [0.29, 0.717) is 40.1 Å². The third-order valence-electron chi connectivity index (χ3n) is 4.34. The molecule has 0 aliphatic rings. The van der Waals surface area contributed by atoms with Crippen LogP contribution in [0.2, 0.25) is 0 Å². The number of hydrogen-bond donors (Lipinski definition) is 1. The molecule has 8 heteroatoms. The Bertz CT molecular complexity index is 884. The molecule has 0 aromatic heterocycles. The number of benzene rings is 2. The summed E-state index contributed by atoms with van der Waals surface area (Å²) in [6, 6.07) is 7.00. The van der Waals surface area contributed by atoms with Crippen molar-refractivity contribution in [2.45, 2.75) is 6.54 Å². The number of ether oxygens (including phenoxy) is 6. The maximum atomic E-state index is 12.3. The second kappa shape index (κ2) is 10.8. The van der Waals surface area contributed by atoms with Gasteiger partial charge >= 0.3 is 0 Å². The van der Waals surface area contributed by atoms with E-state index in [9.17, 15) is 4.79 Å².